The molecule has 0 spiro atoms. The van der Waals surface area contributed by atoms with Gasteiger partial charge in [-0.2, -0.15) is 5.26 Å². The summed E-state index contributed by atoms with van der Waals surface area (Å²) in [5, 5.41) is 12.5. The van der Waals surface area contributed by atoms with Crippen LogP contribution in [-0.4, -0.2) is 18.7 Å². The smallest absolute Gasteiger partial charge is 0.0977 e. The van der Waals surface area contributed by atoms with Crippen LogP contribution in [0.5, 0.6) is 0 Å². The molecule has 0 aliphatic heterocycles. The molecule has 2 atom stereocenters. The van der Waals surface area contributed by atoms with Gasteiger partial charge in [-0.1, -0.05) is 24.3 Å². The van der Waals surface area contributed by atoms with E-state index < -0.39 is 0 Å². The van der Waals surface area contributed by atoms with Crippen LogP contribution < -0.4 is 5.32 Å². The standard InChI is InChI=1S/C17H22N2O/c18-12-15(19-14-8-9-14)10-11-20-17-7-3-5-13-4-1-2-6-16(13)17/h1-2,4,6,14-15,17,19H,3,5,7-11H2. The van der Waals surface area contributed by atoms with Crippen molar-refractivity contribution in [3.05, 3.63) is 35.4 Å². The molecule has 0 saturated heterocycles. The molecule has 0 aromatic heterocycles. The summed E-state index contributed by atoms with van der Waals surface area (Å²) in [5.41, 5.74) is 2.78. The Labute approximate surface area is 120 Å². The summed E-state index contributed by atoms with van der Waals surface area (Å²) in [5.74, 6) is 0. The van der Waals surface area contributed by atoms with E-state index in [9.17, 15) is 0 Å². The molecule has 2 aliphatic rings. The molecule has 3 nitrogen and oxygen atoms in total. The van der Waals surface area contributed by atoms with Crippen LogP contribution in [0.1, 0.15) is 49.3 Å². The number of nitriles is 1. The van der Waals surface area contributed by atoms with E-state index in [1.807, 2.05) is 0 Å². The van der Waals surface area contributed by atoms with E-state index in [1.54, 1.807) is 0 Å². The first-order valence-corrected chi connectivity index (χ1v) is 7.72. The van der Waals surface area contributed by atoms with Crippen molar-refractivity contribution in [2.45, 2.75) is 56.7 Å². The Bertz CT molecular complexity index is 490. The van der Waals surface area contributed by atoms with Crippen molar-refractivity contribution < 1.29 is 4.74 Å². The van der Waals surface area contributed by atoms with Crippen LogP contribution in [-0.2, 0) is 11.2 Å². The maximum Gasteiger partial charge on any atom is 0.0977 e. The highest BCUT2D eigenvalue weighted by molar-refractivity contribution is 5.31. The summed E-state index contributed by atoms with van der Waals surface area (Å²) in [7, 11) is 0. The van der Waals surface area contributed by atoms with E-state index in [0.29, 0.717) is 12.6 Å². The summed E-state index contributed by atoms with van der Waals surface area (Å²) < 4.78 is 6.05. The molecule has 3 rings (SSSR count). The van der Waals surface area contributed by atoms with Gasteiger partial charge in [-0.3, -0.25) is 5.32 Å². The van der Waals surface area contributed by atoms with Crippen LogP contribution >= 0.6 is 0 Å². The fraction of sp³-hybridized carbons (Fsp3) is 0.588. The zero-order valence-corrected chi connectivity index (χ0v) is 11.8. The lowest BCUT2D eigenvalue weighted by Gasteiger charge is -2.26. The van der Waals surface area contributed by atoms with Crippen LogP contribution in [0.25, 0.3) is 0 Å². The minimum absolute atomic E-state index is 0.0543. The molecule has 106 valence electrons. The first kappa shape index (κ1) is 13.6. The van der Waals surface area contributed by atoms with Crippen molar-refractivity contribution in [1.82, 2.24) is 5.32 Å². The lowest BCUT2D eigenvalue weighted by atomic mass is 9.89. The number of ether oxygens (including phenoxy) is 1. The Kier molecular flexibility index (Phi) is 4.34. The highest BCUT2D eigenvalue weighted by Crippen LogP contribution is 2.32. The first-order valence-electron chi connectivity index (χ1n) is 7.72. The molecule has 1 aromatic rings. The van der Waals surface area contributed by atoms with Crippen molar-refractivity contribution in [1.29, 1.82) is 5.26 Å². The summed E-state index contributed by atoms with van der Waals surface area (Å²) in [6.45, 7) is 0.664. The van der Waals surface area contributed by atoms with Crippen LogP contribution in [0.2, 0.25) is 0 Å². The number of nitrogens with zero attached hydrogens (tertiary/aromatic N) is 1. The van der Waals surface area contributed by atoms with Crippen molar-refractivity contribution in [2.75, 3.05) is 6.61 Å². The van der Waals surface area contributed by atoms with Gasteiger partial charge in [-0.05, 0) is 49.7 Å². The molecular weight excluding hydrogens is 248 g/mol. The summed E-state index contributed by atoms with van der Waals surface area (Å²) in [6.07, 6.45) is 6.91. The second-order valence-corrected chi connectivity index (χ2v) is 5.86. The lowest BCUT2D eigenvalue weighted by molar-refractivity contribution is 0.0371. The third-order valence-corrected chi connectivity index (χ3v) is 4.21. The van der Waals surface area contributed by atoms with E-state index >= 15 is 0 Å². The third kappa shape index (κ3) is 3.39. The third-order valence-electron chi connectivity index (χ3n) is 4.21. The second kappa shape index (κ2) is 6.39. The molecular formula is C17H22N2O. The first-order chi connectivity index (χ1) is 9.86. The second-order valence-electron chi connectivity index (χ2n) is 5.86. The Morgan fingerprint density at radius 3 is 2.95 bits per heavy atom. The fourth-order valence-corrected chi connectivity index (χ4v) is 2.93. The van der Waals surface area contributed by atoms with Gasteiger partial charge in [0.1, 0.15) is 0 Å². The topological polar surface area (TPSA) is 45.0 Å². The predicted octanol–water partition coefficient (Wildman–Crippen LogP) is 3.11. The van der Waals surface area contributed by atoms with Gasteiger partial charge >= 0.3 is 0 Å². The molecule has 1 N–H and O–H groups in total. The van der Waals surface area contributed by atoms with Gasteiger partial charge in [-0.15, -0.1) is 0 Å². The average Bonchev–Trinajstić information content (AvgIpc) is 3.30. The highest BCUT2D eigenvalue weighted by Gasteiger charge is 2.25. The molecule has 0 heterocycles. The minimum atomic E-state index is -0.0543. The zero-order chi connectivity index (χ0) is 13.8. The van der Waals surface area contributed by atoms with E-state index in [-0.39, 0.29) is 12.1 Å². The summed E-state index contributed by atoms with van der Waals surface area (Å²) >= 11 is 0. The van der Waals surface area contributed by atoms with Gasteiger partial charge in [0.05, 0.1) is 18.2 Å². The molecule has 0 radical (unpaired) electrons. The molecule has 20 heavy (non-hydrogen) atoms. The number of aryl methyl sites for hydroxylation is 1. The molecule has 2 unspecified atom stereocenters. The number of fused-ring (bicyclic) bond motifs is 1. The van der Waals surface area contributed by atoms with Gasteiger partial charge in [0.25, 0.3) is 0 Å². The number of benzene rings is 1. The van der Waals surface area contributed by atoms with Crippen molar-refractivity contribution >= 4 is 0 Å². The van der Waals surface area contributed by atoms with Gasteiger partial charge < -0.3 is 4.74 Å². The Morgan fingerprint density at radius 2 is 2.15 bits per heavy atom. The predicted molar refractivity (Wildman–Crippen MR) is 78.2 cm³/mol. The maximum atomic E-state index is 9.13. The van der Waals surface area contributed by atoms with E-state index in [1.165, 1.54) is 36.8 Å². The van der Waals surface area contributed by atoms with Crippen LogP contribution in [0, 0.1) is 11.3 Å². The Hall–Kier alpha value is -1.37. The van der Waals surface area contributed by atoms with Gasteiger partial charge in [0, 0.05) is 12.6 Å². The fourth-order valence-electron chi connectivity index (χ4n) is 2.93. The number of rotatable bonds is 6. The van der Waals surface area contributed by atoms with Gasteiger partial charge in [0.2, 0.25) is 0 Å². The number of hydrogen-bond donors (Lipinski definition) is 1. The molecule has 1 fully saturated rings. The largest absolute Gasteiger partial charge is 0.373 e. The van der Waals surface area contributed by atoms with Crippen LogP contribution in [0.3, 0.4) is 0 Å². The van der Waals surface area contributed by atoms with Gasteiger partial charge in [-0.25, -0.2) is 0 Å². The molecule has 1 aromatic carbocycles. The minimum Gasteiger partial charge on any atom is -0.373 e. The molecule has 1 saturated carbocycles. The Morgan fingerprint density at radius 1 is 1.30 bits per heavy atom. The van der Waals surface area contributed by atoms with Crippen molar-refractivity contribution in [3.63, 3.8) is 0 Å². The van der Waals surface area contributed by atoms with E-state index in [0.717, 1.165) is 12.8 Å². The molecule has 0 bridgehead atoms. The normalized spacial score (nSPS) is 22.9. The van der Waals surface area contributed by atoms with Crippen molar-refractivity contribution in [2.24, 2.45) is 0 Å². The SMILES string of the molecule is N#CC(CCOC1CCCc2ccccc21)NC1CC1. The lowest BCUT2D eigenvalue weighted by Crippen LogP contribution is -2.31. The molecule has 2 aliphatic carbocycles. The average molecular weight is 270 g/mol. The molecule has 3 heteroatoms. The zero-order valence-electron chi connectivity index (χ0n) is 11.8. The summed E-state index contributed by atoms with van der Waals surface area (Å²) in [6, 6.07) is 11.4. The number of hydrogen-bond acceptors (Lipinski definition) is 3. The van der Waals surface area contributed by atoms with Crippen LogP contribution in [0.15, 0.2) is 24.3 Å². The van der Waals surface area contributed by atoms with Gasteiger partial charge in [0.15, 0.2) is 0 Å². The highest BCUT2D eigenvalue weighted by atomic mass is 16.5. The summed E-state index contributed by atoms with van der Waals surface area (Å²) in [4.78, 5) is 0. The van der Waals surface area contributed by atoms with Crippen molar-refractivity contribution in [3.8, 4) is 6.07 Å². The quantitative estimate of drug-likeness (QED) is 0.864. The van der Waals surface area contributed by atoms with E-state index in [4.69, 9.17) is 10.00 Å². The molecule has 0 amide bonds. The Balaban J connectivity index is 1.50. The maximum absolute atomic E-state index is 9.13. The number of nitrogens with one attached hydrogen (secondary N) is 1. The van der Waals surface area contributed by atoms with Crippen LogP contribution in [0.4, 0.5) is 0 Å². The monoisotopic (exact) mass is 270 g/mol. The van der Waals surface area contributed by atoms with E-state index in [2.05, 4.69) is 35.7 Å².